The molecule has 1 saturated heterocycles. The van der Waals surface area contributed by atoms with E-state index >= 15 is 0 Å². The molecule has 2 aromatic rings. The summed E-state index contributed by atoms with van der Waals surface area (Å²) < 4.78 is 5.66. The maximum atomic E-state index is 12.8. The van der Waals surface area contributed by atoms with Gasteiger partial charge < -0.3 is 9.73 Å². The summed E-state index contributed by atoms with van der Waals surface area (Å²) in [4.78, 5) is 42.1. The van der Waals surface area contributed by atoms with Crippen molar-refractivity contribution in [3.05, 3.63) is 41.8 Å². The zero-order chi connectivity index (χ0) is 20.6. The Hall–Kier alpha value is -3.16. The normalized spacial score (nSPS) is 24.1. The van der Waals surface area contributed by atoms with Crippen LogP contribution in [0.15, 0.2) is 34.7 Å². The zero-order valence-corrected chi connectivity index (χ0v) is 16.5. The van der Waals surface area contributed by atoms with E-state index < -0.39 is 17.5 Å². The number of aromatic nitrogens is 1. The number of carbonyl (C=O) groups is 3. The highest BCUT2D eigenvalue weighted by Gasteiger charge is 2.52. The van der Waals surface area contributed by atoms with E-state index in [4.69, 9.17) is 4.42 Å². The van der Waals surface area contributed by atoms with Crippen LogP contribution in [0.2, 0.25) is 0 Å². The molecule has 2 heterocycles. The third kappa shape index (κ3) is 3.62. The van der Waals surface area contributed by atoms with Gasteiger partial charge in [0.2, 0.25) is 11.8 Å². The van der Waals surface area contributed by atoms with Crippen molar-refractivity contribution in [2.24, 2.45) is 5.92 Å². The number of hydrazine groups is 1. The Kier molecular flexibility index (Phi) is 4.86. The maximum Gasteiger partial charge on any atom is 0.344 e. The largest absolute Gasteiger partial charge is 0.441 e. The second-order valence-corrected chi connectivity index (χ2v) is 7.94. The van der Waals surface area contributed by atoms with Crippen LogP contribution in [0.5, 0.6) is 0 Å². The van der Waals surface area contributed by atoms with Crippen LogP contribution in [0.25, 0.3) is 11.5 Å². The first kappa shape index (κ1) is 19.2. The van der Waals surface area contributed by atoms with Gasteiger partial charge in [-0.05, 0) is 50.7 Å². The molecular weight excluding hydrogens is 372 g/mol. The highest BCUT2D eigenvalue weighted by Crippen LogP contribution is 2.35. The first-order valence-corrected chi connectivity index (χ1v) is 9.86. The van der Waals surface area contributed by atoms with Crippen molar-refractivity contribution in [1.29, 1.82) is 0 Å². The Morgan fingerprint density at radius 1 is 1.28 bits per heavy atom. The Balaban J connectivity index is 1.43. The minimum Gasteiger partial charge on any atom is -0.441 e. The van der Waals surface area contributed by atoms with Crippen molar-refractivity contribution in [2.75, 3.05) is 0 Å². The molecule has 4 rings (SSSR count). The first-order valence-electron chi connectivity index (χ1n) is 9.86. The number of nitrogens with zero attached hydrogens (tertiary/aromatic N) is 2. The number of carbonyl (C=O) groups excluding carboxylic acids is 3. The number of imide groups is 1. The van der Waals surface area contributed by atoms with E-state index in [1.807, 2.05) is 30.3 Å². The molecule has 1 spiro atoms. The molecule has 1 aliphatic heterocycles. The van der Waals surface area contributed by atoms with Crippen LogP contribution < -0.4 is 10.7 Å². The lowest BCUT2D eigenvalue weighted by Gasteiger charge is -2.33. The number of amides is 4. The molecule has 1 aromatic heterocycles. The summed E-state index contributed by atoms with van der Waals surface area (Å²) in [6, 6.07) is 8.80. The highest BCUT2D eigenvalue weighted by atomic mass is 16.4. The molecular formula is C21H24N4O4. The van der Waals surface area contributed by atoms with Gasteiger partial charge in [0, 0.05) is 5.56 Å². The molecule has 4 amide bonds. The Labute approximate surface area is 168 Å². The third-order valence-electron chi connectivity index (χ3n) is 5.77. The minimum atomic E-state index is -0.888. The van der Waals surface area contributed by atoms with Gasteiger partial charge in [-0.15, -0.1) is 0 Å². The van der Waals surface area contributed by atoms with E-state index in [0.717, 1.165) is 23.4 Å². The van der Waals surface area contributed by atoms with Crippen LogP contribution in [0.1, 0.15) is 44.1 Å². The molecule has 2 aliphatic rings. The number of aryl methyl sites for hydroxylation is 1. The van der Waals surface area contributed by atoms with Crippen LogP contribution in [0.4, 0.5) is 4.79 Å². The number of oxazole rings is 1. The fourth-order valence-corrected chi connectivity index (χ4v) is 3.93. The number of rotatable bonds is 4. The first-order chi connectivity index (χ1) is 13.9. The van der Waals surface area contributed by atoms with Crippen molar-refractivity contribution in [2.45, 2.75) is 51.5 Å². The maximum absolute atomic E-state index is 12.8. The van der Waals surface area contributed by atoms with Gasteiger partial charge in [0.15, 0.2) is 0 Å². The number of urea groups is 1. The molecule has 29 heavy (non-hydrogen) atoms. The fraction of sp³-hybridized carbons (Fsp3) is 0.429. The zero-order valence-electron chi connectivity index (χ0n) is 16.5. The van der Waals surface area contributed by atoms with Gasteiger partial charge in [0.25, 0.3) is 5.91 Å². The van der Waals surface area contributed by atoms with Crippen LogP contribution in [0.3, 0.4) is 0 Å². The number of benzene rings is 1. The van der Waals surface area contributed by atoms with Gasteiger partial charge in [0.05, 0.1) is 12.1 Å². The molecule has 152 valence electrons. The number of nitrogens with one attached hydrogen (secondary N) is 2. The van der Waals surface area contributed by atoms with Gasteiger partial charge in [0.1, 0.15) is 11.3 Å². The van der Waals surface area contributed by atoms with Gasteiger partial charge >= 0.3 is 6.03 Å². The summed E-state index contributed by atoms with van der Waals surface area (Å²) in [6.45, 7) is 3.87. The third-order valence-corrected chi connectivity index (χ3v) is 5.77. The van der Waals surface area contributed by atoms with Crippen LogP contribution in [0, 0.1) is 12.8 Å². The molecule has 1 aliphatic carbocycles. The van der Waals surface area contributed by atoms with Crippen LogP contribution >= 0.6 is 0 Å². The van der Waals surface area contributed by atoms with Gasteiger partial charge in [-0.1, -0.05) is 25.1 Å². The lowest BCUT2D eigenvalue weighted by Crippen LogP contribution is -2.51. The molecule has 2 N–H and O–H groups in total. The summed E-state index contributed by atoms with van der Waals surface area (Å²) in [5.74, 6) is 0.600. The predicted octanol–water partition coefficient (Wildman–Crippen LogP) is 2.72. The minimum absolute atomic E-state index is 0.0940. The van der Waals surface area contributed by atoms with E-state index in [1.165, 1.54) is 0 Å². The molecule has 1 saturated carbocycles. The Bertz CT molecular complexity index is 945. The number of hydrogen-bond acceptors (Lipinski definition) is 5. The highest BCUT2D eigenvalue weighted by molar-refractivity contribution is 6.08. The average Bonchev–Trinajstić information content (AvgIpc) is 3.18. The summed E-state index contributed by atoms with van der Waals surface area (Å²) in [6.07, 6.45) is 2.83. The van der Waals surface area contributed by atoms with E-state index in [1.54, 1.807) is 6.92 Å². The average molecular weight is 396 g/mol. The second kappa shape index (κ2) is 7.35. The molecule has 0 atom stereocenters. The van der Waals surface area contributed by atoms with Crippen LogP contribution in [-0.4, -0.2) is 33.4 Å². The van der Waals surface area contributed by atoms with E-state index in [2.05, 4.69) is 22.7 Å². The summed E-state index contributed by atoms with van der Waals surface area (Å²) in [5.41, 5.74) is 2.83. The molecule has 0 radical (unpaired) electrons. The second-order valence-electron chi connectivity index (χ2n) is 7.94. The van der Waals surface area contributed by atoms with Gasteiger partial charge in [-0.3, -0.25) is 15.0 Å². The summed E-state index contributed by atoms with van der Waals surface area (Å²) in [7, 11) is 0. The van der Waals surface area contributed by atoms with Crippen molar-refractivity contribution < 1.29 is 18.8 Å². The predicted molar refractivity (Wildman–Crippen MR) is 104 cm³/mol. The van der Waals surface area contributed by atoms with E-state index in [0.29, 0.717) is 36.1 Å². The monoisotopic (exact) mass is 396 g/mol. The topological polar surface area (TPSA) is 105 Å². The fourth-order valence-electron chi connectivity index (χ4n) is 3.93. The lowest BCUT2D eigenvalue weighted by molar-refractivity contribution is -0.139. The molecule has 2 fully saturated rings. The molecule has 0 bridgehead atoms. The Morgan fingerprint density at radius 2 is 1.97 bits per heavy atom. The molecule has 1 aromatic carbocycles. The SMILES string of the molecule is Cc1oc(-c2ccccc2)nc1CC(=O)NN1C(=O)NC2(CCC(C)CC2)C1=O. The van der Waals surface area contributed by atoms with Crippen LogP contribution in [-0.2, 0) is 16.0 Å². The van der Waals surface area contributed by atoms with Crippen molar-refractivity contribution in [3.8, 4) is 11.5 Å². The smallest absolute Gasteiger partial charge is 0.344 e. The summed E-state index contributed by atoms with van der Waals surface area (Å²) in [5, 5.41) is 3.60. The van der Waals surface area contributed by atoms with Gasteiger partial charge in [-0.25, -0.2) is 9.78 Å². The molecule has 8 nitrogen and oxygen atoms in total. The van der Waals surface area contributed by atoms with Crippen molar-refractivity contribution in [3.63, 3.8) is 0 Å². The van der Waals surface area contributed by atoms with Crippen molar-refractivity contribution >= 4 is 17.8 Å². The van der Waals surface area contributed by atoms with E-state index in [9.17, 15) is 14.4 Å². The summed E-state index contributed by atoms with van der Waals surface area (Å²) >= 11 is 0. The number of hydrogen-bond donors (Lipinski definition) is 2. The Morgan fingerprint density at radius 3 is 2.66 bits per heavy atom. The molecule has 0 unspecified atom stereocenters. The lowest BCUT2D eigenvalue weighted by atomic mass is 9.77. The standard InChI is InChI=1S/C21H24N4O4/c1-13-8-10-21(11-9-13)19(27)25(20(28)23-21)24-17(26)12-16-14(2)29-18(22-16)15-6-4-3-5-7-15/h3-7,13H,8-12H2,1-2H3,(H,23,28)(H,24,26). The quantitative estimate of drug-likeness (QED) is 0.773. The van der Waals surface area contributed by atoms with Gasteiger partial charge in [-0.2, -0.15) is 5.01 Å². The molecule has 8 heteroatoms. The van der Waals surface area contributed by atoms with Crippen molar-refractivity contribution in [1.82, 2.24) is 20.7 Å². The van der Waals surface area contributed by atoms with E-state index in [-0.39, 0.29) is 12.3 Å².